The molecule has 3 rings (SSSR count). The van der Waals surface area contributed by atoms with Gasteiger partial charge >= 0.3 is 7.12 Å². The molecule has 2 aliphatic rings. The maximum Gasteiger partial charge on any atom is 0.505 e. The molecule has 18 heavy (non-hydrogen) atoms. The first-order chi connectivity index (χ1) is 8.39. The highest BCUT2D eigenvalue weighted by atomic mass is 32.1. The zero-order valence-electron chi connectivity index (χ0n) is 11.7. The van der Waals surface area contributed by atoms with E-state index in [2.05, 4.69) is 33.8 Å². The van der Waals surface area contributed by atoms with Crippen molar-refractivity contribution in [3.8, 4) is 0 Å². The Labute approximate surface area is 114 Å². The Hall–Kier alpha value is -0.315. The van der Waals surface area contributed by atoms with E-state index in [0.717, 1.165) is 0 Å². The van der Waals surface area contributed by atoms with Gasteiger partial charge in [0.15, 0.2) is 0 Å². The van der Waals surface area contributed by atoms with Crippen LogP contribution < -0.4 is 4.78 Å². The summed E-state index contributed by atoms with van der Waals surface area (Å²) in [5.41, 5.74) is 1.06. The van der Waals surface area contributed by atoms with E-state index in [4.69, 9.17) is 9.31 Å². The van der Waals surface area contributed by atoms with Gasteiger partial charge in [-0.1, -0.05) is 0 Å². The fourth-order valence-corrected chi connectivity index (χ4v) is 3.81. The second-order valence-corrected chi connectivity index (χ2v) is 7.56. The predicted molar refractivity (Wildman–Crippen MR) is 76.7 cm³/mol. The lowest BCUT2D eigenvalue weighted by atomic mass is 9.86. The van der Waals surface area contributed by atoms with Gasteiger partial charge in [0.1, 0.15) is 0 Å². The first kappa shape index (κ1) is 12.7. The largest absolute Gasteiger partial charge is 0.505 e. The molecule has 2 heterocycles. The summed E-state index contributed by atoms with van der Waals surface area (Å²) in [6, 6.07) is 2.31. The fraction of sp³-hybridized carbons (Fsp3) is 0.714. The molecule has 0 amide bonds. The van der Waals surface area contributed by atoms with Crippen molar-refractivity contribution in [2.75, 3.05) is 0 Å². The summed E-state index contributed by atoms with van der Waals surface area (Å²) in [4.78, 5) is 1.55. The van der Waals surface area contributed by atoms with Gasteiger partial charge in [-0.15, -0.1) is 11.3 Å². The SMILES string of the molecule is CC1(C)OB(c2cc3c(s2)CCCC3)OC1(C)C. The standard InChI is InChI=1S/C14H21BO2S/c1-13(2)14(3,4)17-15(16-13)12-9-10-7-5-6-8-11(10)18-12/h9H,5-8H2,1-4H3. The van der Waals surface area contributed by atoms with Gasteiger partial charge in [0.25, 0.3) is 0 Å². The molecule has 0 saturated carbocycles. The zero-order chi connectivity index (χ0) is 13.0. The van der Waals surface area contributed by atoms with Crippen molar-refractivity contribution >= 4 is 23.2 Å². The minimum atomic E-state index is -0.234. The topological polar surface area (TPSA) is 18.5 Å². The van der Waals surface area contributed by atoms with E-state index in [-0.39, 0.29) is 18.3 Å². The second-order valence-electron chi connectivity index (χ2n) is 6.39. The van der Waals surface area contributed by atoms with E-state index in [1.54, 1.807) is 4.88 Å². The Kier molecular flexibility index (Phi) is 2.89. The normalized spacial score (nSPS) is 25.2. The van der Waals surface area contributed by atoms with Gasteiger partial charge in [-0.3, -0.25) is 0 Å². The summed E-state index contributed by atoms with van der Waals surface area (Å²) in [5.74, 6) is 0. The quantitative estimate of drug-likeness (QED) is 0.726. The van der Waals surface area contributed by atoms with E-state index >= 15 is 0 Å². The number of aryl methyl sites for hydroxylation is 2. The number of hydrogen-bond donors (Lipinski definition) is 0. The predicted octanol–water partition coefficient (Wildman–Crippen LogP) is 2.93. The third-order valence-corrected chi connectivity index (χ3v) is 5.76. The lowest BCUT2D eigenvalue weighted by Gasteiger charge is -2.32. The Morgan fingerprint density at radius 1 is 1.06 bits per heavy atom. The van der Waals surface area contributed by atoms with Crippen LogP contribution in [0.2, 0.25) is 0 Å². The van der Waals surface area contributed by atoms with Crippen molar-refractivity contribution in [3.63, 3.8) is 0 Å². The maximum absolute atomic E-state index is 6.12. The first-order valence-corrected chi connectivity index (χ1v) is 7.68. The number of rotatable bonds is 1. The number of thiophene rings is 1. The van der Waals surface area contributed by atoms with Crippen LogP contribution in [0, 0.1) is 0 Å². The minimum absolute atomic E-state index is 0.175. The van der Waals surface area contributed by atoms with Gasteiger partial charge in [-0.05, 0) is 65.0 Å². The van der Waals surface area contributed by atoms with Crippen LogP contribution in [0.3, 0.4) is 0 Å². The molecule has 1 aromatic heterocycles. The van der Waals surface area contributed by atoms with E-state index in [1.807, 2.05) is 11.3 Å². The van der Waals surface area contributed by atoms with Crippen LogP contribution in [-0.2, 0) is 22.2 Å². The smallest absolute Gasteiger partial charge is 0.399 e. The molecule has 4 heteroatoms. The van der Waals surface area contributed by atoms with Gasteiger partial charge in [-0.25, -0.2) is 0 Å². The monoisotopic (exact) mass is 264 g/mol. The molecule has 1 aliphatic heterocycles. The molecule has 0 unspecified atom stereocenters. The summed E-state index contributed by atoms with van der Waals surface area (Å²) in [7, 11) is -0.175. The van der Waals surface area contributed by atoms with Crippen LogP contribution in [0.4, 0.5) is 0 Å². The van der Waals surface area contributed by atoms with Crippen LogP contribution in [0.1, 0.15) is 51.0 Å². The molecular weight excluding hydrogens is 243 g/mol. The molecule has 0 bridgehead atoms. The van der Waals surface area contributed by atoms with Gasteiger partial charge in [0, 0.05) is 9.65 Å². The average molecular weight is 264 g/mol. The maximum atomic E-state index is 6.12. The third kappa shape index (κ3) is 1.95. The molecule has 0 N–H and O–H groups in total. The lowest BCUT2D eigenvalue weighted by Crippen LogP contribution is -2.41. The molecule has 1 aromatic rings. The molecule has 1 aliphatic carbocycles. The highest BCUT2D eigenvalue weighted by molar-refractivity contribution is 7.22. The molecule has 2 nitrogen and oxygen atoms in total. The van der Waals surface area contributed by atoms with Crippen LogP contribution in [0.25, 0.3) is 0 Å². The van der Waals surface area contributed by atoms with Crippen molar-refractivity contribution < 1.29 is 9.31 Å². The number of fused-ring (bicyclic) bond motifs is 1. The summed E-state index contributed by atoms with van der Waals surface area (Å²) in [6.45, 7) is 8.45. The molecule has 0 atom stereocenters. The Morgan fingerprint density at radius 2 is 1.67 bits per heavy atom. The Morgan fingerprint density at radius 3 is 2.28 bits per heavy atom. The average Bonchev–Trinajstić information content (AvgIpc) is 2.78. The molecule has 1 saturated heterocycles. The molecule has 1 fully saturated rings. The van der Waals surface area contributed by atoms with Crippen molar-refractivity contribution in [3.05, 3.63) is 16.5 Å². The molecule has 0 radical (unpaired) electrons. The van der Waals surface area contributed by atoms with E-state index < -0.39 is 0 Å². The Balaban J connectivity index is 1.87. The van der Waals surface area contributed by atoms with Crippen molar-refractivity contribution in [2.24, 2.45) is 0 Å². The van der Waals surface area contributed by atoms with Crippen LogP contribution >= 0.6 is 11.3 Å². The molecule has 0 spiro atoms. The molecule has 98 valence electrons. The van der Waals surface area contributed by atoms with Crippen LogP contribution in [0.15, 0.2) is 6.07 Å². The second kappa shape index (κ2) is 4.09. The van der Waals surface area contributed by atoms with Gasteiger partial charge in [-0.2, -0.15) is 0 Å². The van der Waals surface area contributed by atoms with Crippen molar-refractivity contribution in [2.45, 2.75) is 64.6 Å². The van der Waals surface area contributed by atoms with Gasteiger partial charge < -0.3 is 9.31 Å². The summed E-state index contributed by atoms with van der Waals surface area (Å²) < 4.78 is 13.5. The van der Waals surface area contributed by atoms with E-state index in [0.29, 0.717) is 0 Å². The van der Waals surface area contributed by atoms with Gasteiger partial charge in [0.2, 0.25) is 0 Å². The summed E-state index contributed by atoms with van der Waals surface area (Å²) in [6.07, 6.45) is 5.12. The van der Waals surface area contributed by atoms with E-state index in [1.165, 1.54) is 36.0 Å². The number of hydrogen-bond acceptors (Lipinski definition) is 3. The summed E-state index contributed by atoms with van der Waals surface area (Å²) in [5, 5.41) is 0. The minimum Gasteiger partial charge on any atom is -0.399 e. The van der Waals surface area contributed by atoms with Crippen molar-refractivity contribution in [1.82, 2.24) is 0 Å². The molecule has 0 aromatic carbocycles. The summed E-state index contributed by atoms with van der Waals surface area (Å²) >= 11 is 1.88. The van der Waals surface area contributed by atoms with E-state index in [9.17, 15) is 0 Å². The van der Waals surface area contributed by atoms with Crippen LogP contribution in [0.5, 0.6) is 0 Å². The highest BCUT2D eigenvalue weighted by Gasteiger charge is 2.52. The lowest BCUT2D eigenvalue weighted by molar-refractivity contribution is 0.00578. The first-order valence-electron chi connectivity index (χ1n) is 6.86. The van der Waals surface area contributed by atoms with Crippen LogP contribution in [-0.4, -0.2) is 18.3 Å². The molecular formula is C14H21BO2S. The third-order valence-electron chi connectivity index (χ3n) is 4.50. The fourth-order valence-electron chi connectivity index (χ4n) is 2.59. The van der Waals surface area contributed by atoms with Crippen molar-refractivity contribution in [1.29, 1.82) is 0 Å². The zero-order valence-corrected chi connectivity index (χ0v) is 12.5. The highest BCUT2D eigenvalue weighted by Crippen LogP contribution is 2.37. The Bertz CT molecular complexity index is 425. The van der Waals surface area contributed by atoms with Gasteiger partial charge in [0.05, 0.1) is 11.2 Å².